The van der Waals surface area contributed by atoms with Gasteiger partial charge in [0.1, 0.15) is 35.9 Å². The Morgan fingerprint density at radius 2 is 1.68 bits per heavy atom. The normalized spacial score (nSPS) is 30.0. The molecule has 1 aromatic heterocycles. The first-order valence-electron chi connectivity index (χ1n) is 17.9. The number of hydrogen-bond acceptors (Lipinski definition) is 9. The van der Waals surface area contributed by atoms with Crippen LogP contribution < -0.4 is 5.32 Å². The third-order valence-electron chi connectivity index (χ3n) is 10.8. The maximum atomic E-state index is 15.1. The van der Waals surface area contributed by atoms with E-state index in [0.29, 0.717) is 23.1 Å². The predicted molar refractivity (Wildman–Crippen MR) is 191 cm³/mol. The Hall–Kier alpha value is -5.66. The van der Waals surface area contributed by atoms with Crippen molar-refractivity contribution < 1.29 is 33.8 Å². The number of aromatic nitrogens is 3. The van der Waals surface area contributed by atoms with Gasteiger partial charge in [-0.15, -0.1) is 5.10 Å². The van der Waals surface area contributed by atoms with E-state index in [2.05, 4.69) is 15.6 Å². The lowest BCUT2D eigenvalue weighted by atomic mass is 9.77. The smallest absolute Gasteiger partial charge is 0.313 e. The Balaban J connectivity index is 1.23. The molecule has 5 heterocycles. The SMILES string of the molecule is C[C@H]1NC(=O)CC/C=C\[C@H]2O[C@]34C=CCN(Cn5nnc6ccccc65)C(=O)[C@H]3N([C@H](CO)c3ccccc3)C(=O)[C@@H]4[C@H]2C(=O)O[C@@H]1c1ccccc1. The van der Waals surface area contributed by atoms with Gasteiger partial charge in [-0.2, -0.15) is 0 Å². The average molecular weight is 717 g/mol. The number of ether oxygens (including phenoxy) is 2. The highest BCUT2D eigenvalue weighted by atomic mass is 16.6. The molecule has 4 aliphatic heterocycles. The number of allylic oxidation sites excluding steroid dienone is 1. The summed E-state index contributed by atoms with van der Waals surface area (Å²) >= 11 is 0. The van der Waals surface area contributed by atoms with E-state index >= 15 is 9.59 Å². The van der Waals surface area contributed by atoms with Crippen LogP contribution in [-0.2, 0) is 35.3 Å². The average Bonchev–Trinajstić information content (AvgIpc) is 3.77. The van der Waals surface area contributed by atoms with Crippen molar-refractivity contribution in [3.8, 4) is 0 Å². The Morgan fingerprint density at radius 1 is 0.943 bits per heavy atom. The molecule has 1 spiro atoms. The number of aliphatic hydroxyl groups is 1. The van der Waals surface area contributed by atoms with Crippen LogP contribution in [0.15, 0.2) is 109 Å². The first kappa shape index (κ1) is 34.4. The summed E-state index contributed by atoms with van der Waals surface area (Å²) in [4.78, 5) is 60.7. The number of rotatable bonds is 6. The molecular weight excluding hydrogens is 676 g/mol. The van der Waals surface area contributed by atoms with E-state index in [-0.39, 0.29) is 25.5 Å². The van der Waals surface area contributed by atoms with Gasteiger partial charge in [0.05, 0.1) is 36.2 Å². The fraction of sp³-hybridized carbons (Fsp3) is 0.350. The minimum absolute atomic E-state index is 0.0323. The second-order valence-electron chi connectivity index (χ2n) is 14.0. The Bertz CT molecular complexity index is 2090. The second kappa shape index (κ2) is 14.1. The molecule has 13 nitrogen and oxygen atoms in total. The molecule has 3 aromatic carbocycles. The molecule has 13 heteroatoms. The van der Waals surface area contributed by atoms with Crippen LogP contribution in [0.4, 0.5) is 0 Å². The van der Waals surface area contributed by atoms with Crippen LogP contribution >= 0.6 is 0 Å². The van der Waals surface area contributed by atoms with Gasteiger partial charge >= 0.3 is 5.97 Å². The molecule has 0 unspecified atom stereocenters. The van der Waals surface area contributed by atoms with E-state index in [9.17, 15) is 14.7 Å². The van der Waals surface area contributed by atoms with Crippen molar-refractivity contribution in [2.75, 3.05) is 13.2 Å². The number of amides is 3. The maximum Gasteiger partial charge on any atom is 0.313 e. The zero-order chi connectivity index (χ0) is 36.7. The fourth-order valence-corrected chi connectivity index (χ4v) is 8.37. The van der Waals surface area contributed by atoms with Gasteiger partial charge in [0.2, 0.25) is 11.8 Å². The number of nitrogens with one attached hydrogen (secondary N) is 1. The molecule has 2 N–H and O–H groups in total. The summed E-state index contributed by atoms with van der Waals surface area (Å²) in [5.41, 5.74) is 1.10. The topological polar surface area (TPSA) is 156 Å². The molecule has 53 heavy (non-hydrogen) atoms. The van der Waals surface area contributed by atoms with Crippen molar-refractivity contribution in [3.05, 3.63) is 120 Å². The zero-order valence-corrected chi connectivity index (χ0v) is 29.1. The molecule has 8 rings (SSSR count). The van der Waals surface area contributed by atoms with Crippen molar-refractivity contribution >= 4 is 34.7 Å². The second-order valence-corrected chi connectivity index (χ2v) is 14.0. The summed E-state index contributed by atoms with van der Waals surface area (Å²) < 4.78 is 14.8. The Kier molecular flexibility index (Phi) is 9.13. The lowest BCUT2D eigenvalue weighted by molar-refractivity contribution is -0.162. The molecular formula is C40H40N6O7. The van der Waals surface area contributed by atoms with E-state index in [1.54, 1.807) is 65.1 Å². The number of esters is 1. The van der Waals surface area contributed by atoms with Crippen molar-refractivity contribution in [2.45, 2.75) is 62.4 Å². The number of carbonyl (C=O) groups excluding carboxylic acids is 4. The molecule has 4 aromatic rings. The third kappa shape index (κ3) is 5.99. The monoisotopic (exact) mass is 716 g/mol. The highest BCUT2D eigenvalue weighted by molar-refractivity contribution is 5.99. The summed E-state index contributed by atoms with van der Waals surface area (Å²) in [6, 6.07) is 22.8. The van der Waals surface area contributed by atoms with Gasteiger partial charge in [-0.3, -0.25) is 19.2 Å². The standard InChI is InChI=1S/C40H40N6O7/c1-25-35(27-15-6-3-7-16-27)52-39(51)33-31(19-10-11-20-32(48)41-25)53-40-21-12-22-44(24-45-29-18-9-8-17-28(29)42-43-45)38(50)36(40)46(37(49)34(33)40)30(23-47)26-13-4-2-5-14-26/h2-10,12-19,21,25,30-31,33-36,47H,11,20,22-24H2,1H3,(H,41,48)/b19-10-/t25-,30-,31-,33+,34+,35+,36-,40+/m1/s1. The lowest BCUT2D eigenvalue weighted by Gasteiger charge is -2.38. The number of fused-ring (bicyclic) bond motifs is 3. The number of benzene rings is 3. The van der Waals surface area contributed by atoms with E-state index in [0.717, 1.165) is 5.52 Å². The van der Waals surface area contributed by atoms with Crippen LogP contribution in [0.1, 0.15) is 43.0 Å². The van der Waals surface area contributed by atoms with Crippen molar-refractivity contribution in [2.24, 2.45) is 11.8 Å². The molecule has 4 aliphatic rings. The van der Waals surface area contributed by atoms with Crippen LogP contribution in [0.25, 0.3) is 11.0 Å². The molecule has 2 saturated heterocycles. The van der Waals surface area contributed by atoms with E-state index < -0.39 is 72.2 Å². The van der Waals surface area contributed by atoms with Gasteiger partial charge < -0.3 is 29.7 Å². The lowest BCUT2D eigenvalue weighted by Crippen LogP contribution is -2.56. The van der Waals surface area contributed by atoms with Crippen molar-refractivity contribution in [3.63, 3.8) is 0 Å². The predicted octanol–water partition coefficient (Wildman–Crippen LogP) is 3.24. The van der Waals surface area contributed by atoms with E-state index in [1.807, 2.05) is 60.7 Å². The van der Waals surface area contributed by atoms with Gasteiger partial charge in [0.25, 0.3) is 5.91 Å². The summed E-state index contributed by atoms with van der Waals surface area (Å²) in [6.07, 6.45) is 5.73. The number of aliphatic hydroxyl groups excluding tert-OH is 1. The van der Waals surface area contributed by atoms with Crippen molar-refractivity contribution in [1.82, 2.24) is 30.1 Å². The fourth-order valence-electron chi connectivity index (χ4n) is 8.37. The molecule has 272 valence electrons. The van der Waals surface area contributed by atoms with Crippen LogP contribution in [0.3, 0.4) is 0 Å². The minimum atomic E-state index is -1.60. The molecule has 0 aliphatic carbocycles. The zero-order valence-electron chi connectivity index (χ0n) is 29.1. The number of likely N-dealkylation sites (tertiary alicyclic amines) is 1. The summed E-state index contributed by atoms with van der Waals surface area (Å²) in [6.45, 7) is 1.49. The summed E-state index contributed by atoms with van der Waals surface area (Å²) in [5, 5.41) is 22.4. The highest BCUT2D eigenvalue weighted by Gasteiger charge is 2.72. The van der Waals surface area contributed by atoms with Gasteiger partial charge in [-0.25, -0.2) is 4.68 Å². The molecule has 3 amide bonds. The van der Waals surface area contributed by atoms with Gasteiger partial charge in [0, 0.05) is 13.0 Å². The molecule has 0 bridgehead atoms. The first-order valence-corrected chi connectivity index (χ1v) is 17.9. The highest BCUT2D eigenvalue weighted by Crippen LogP contribution is 2.55. The third-order valence-corrected chi connectivity index (χ3v) is 10.8. The van der Waals surface area contributed by atoms with Crippen LogP contribution in [-0.4, -0.2) is 90.5 Å². The Labute approximate surface area is 305 Å². The molecule has 8 atom stereocenters. The van der Waals surface area contributed by atoms with Crippen LogP contribution in [0.2, 0.25) is 0 Å². The summed E-state index contributed by atoms with van der Waals surface area (Å²) in [5.74, 6) is -4.16. The van der Waals surface area contributed by atoms with Gasteiger partial charge in [0.15, 0.2) is 0 Å². The number of cyclic esters (lactones) is 1. The van der Waals surface area contributed by atoms with E-state index in [4.69, 9.17) is 9.47 Å². The number of para-hydroxylation sites is 1. The van der Waals surface area contributed by atoms with Gasteiger partial charge in [-0.1, -0.05) is 102 Å². The van der Waals surface area contributed by atoms with Crippen molar-refractivity contribution in [1.29, 1.82) is 0 Å². The van der Waals surface area contributed by atoms with Gasteiger partial charge in [-0.05, 0) is 36.6 Å². The van der Waals surface area contributed by atoms with Crippen LogP contribution in [0.5, 0.6) is 0 Å². The quantitative estimate of drug-likeness (QED) is 0.226. The molecule has 2 fully saturated rings. The molecule has 0 saturated carbocycles. The summed E-state index contributed by atoms with van der Waals surface area (Å²) in [7, 11) is 0. The largest absolute Gasteiger partial charge is 0.455 e. The number of nitrogens with zero attached hydrogens (tertiary/aromatic N) is 5. The minimum Gasteiger partial charge on any atom is -0.455 e. The number of carbonyl (C=O) groups is 4. The number of hydrogen-bond donors (Lipinski definition) is 2. The maximum absolute atomic E-state index is 15.1. The van der Waals surface area contributed by atoms with E-state index in [1.165, 1.54) is 4.90 Å². The Morgan fingerprint density at radius 3 is 2.45 bits per heavy atom. The first-order chi connectivity index (χ1) is 25.8. The van der Waals surface area contributed by atoms with Crippen LogP contribution in [0, 0.1) is 11.8 Å². The molecule has 0 radical (unpaired) electrons.